The highest BCUT2D eigenvalue weighted by molar-refractivity contribution is 7.80. The lowest BCUT2D eigenvalue weighted by Crippen LogP contribution is -2.30. The number of thiophene rings is 1. The van der Waals surface area contributed by atoms with Crippen molar-refractivity contribution in [2.45, 2.75) is 6.54 Å². The van der Waals surface area contributed by atoms with E-state index in [-0.39, 0.29) is 0 Å². The molecule has 0 aliphatic rings. The Hall–Kier alpha value is -1.90. The van der Waals surface area contributed by atoms with Gasteiger partial charge in [-0.2, -0.15) is 16.6 Å². The van der Waals surface area contributed by atoms with Crippen LogP contribution in [-0.4, -0.2) is 17.1 Å². The van der Waals surface area contributed by atoms with E-state index in [1.165, 1.54) is 5.56 Å². The number of thiocarbonyl (C=S) groups is 1. The minimum Gasteiger partial charge on any atom is -0.348 e. The predicted molar refractivity (Wildman–Crippen MR) is 83.2 cm³/mol. The summed E-state index contributed by atoms with van der Waals surface area (Å²) in [5.74, 6) is 0. The summed E-state index contributed by atoms with van der Waals surface area (Å²) in [7, 11) is 1.93. The van der Waals surface area contributed by atoms with Gasteiger partial charge >= 0.3 is 0 Å². The first-order chi connectivity index (χ1) is 9.20. The van der Waals surface area contributed by atoms with E-state index in [2.05, 4.69) is 22.8 Å². The molecular weight excluding hydrogens is 274 g/mol. The van der Waals surface area contributed by atoms with E-state index in [9.17, 15) is 0 Å². The minimum absolute atomic E-state index is 0.591. The number of anilines is 1. The lowest BCUT2D eigenvalue weighted by atomic mass is 10.2. The number of nitrogens with one attached hydrogen (secondary N) is 1. The monoisotopic (exact) mass is 287 g/mol. The van der Waals surface area contributed by atoms with Crippen LogP contribution in [0.3, 0.4) is 0 Å². The Kier molecular flexibility index (Phi) is 4.50. The molecule has 0 radical (unpaired) electrons. The van der Waals surface area contributed by atoms with E-state index in [0.717, 1.165) is 12.2 Å². The molecule has 2 rings (SSSR count). The number of nitriles is 1. The topological polar surface area (TPSA) is 39.1 Å². The fourth-order valence-electron chi connectivity index (χ4n) is 1.63. The molecule has 1 aromatic heterocycles. The highest BCUT2D eigenvalue weighted by Gasteiger charge is 2.08. The van der Waals surface area contributed by atoms with Crippen molar-refractivity contribution in [3.05, 3.63) is 52.2 Å². The second-order valence-electron chi connectivity index (χ2n) is 4.08. The van der Waals surface area contributed by atoms with Gasteiger partial charge in [0.15, 0.2) is 5.11 Å². The molecule has 0 bridgehead atoms. The van der Waals surface area contributed by atoms with Crippen molar-refractivity contribution < 1.29 is 0 Å². The molecule has 0 aliphatic carbocycles. The van der Waals surface area contributed by atoms with Crippen molar-refractivity contribution in [2.75, 3.05) is 12.4 Å². The standard InChI is InChI=1S/C14H13N3S2/c1-17(9-11-6-7-19-10-11)14(18)16-13-5-3-2-4-12(13)8-15/h2-7,10H,9H2,1H3,(H,16,18). The zero-order valence-electron chi connectivity index (χ0n) is 10.5. The molecule has 1 aromatic carbocycles. The SMILES string of the molecule is CN(Cc1ccsc1)C(=S)Nc1ccccc1C#N. The van der Waals surface area contributed by atoms with E-state index in [0.29, 0.717) is 10.7 Å². The lowest BCUT2D eigenvalue weighted by Gasteiger charge is -2.21. The average molecular weight is 287 g/mol. The Balaban J connectivity index is 2.03. The fourth-order valence-corrected chi connectivity index (χ4v) is 2.46. The Bertz CT molecular complexity index is 599. The summed E-state index contributed by atoms with van der Waals surface area (Å²) < 4.78 is 0. The second kappa shape index (κ2) is 6.32. The lowest BCUT2D eigenvalue weighted by molar-refractivity contribution is 0.509. The summed E-state index contributed by atoms with van der Waals surface area (Å²) >= 11 is 7.02. The quantitative estimate of drug-likeness (QED) is 0.878. The summed E-state index contributed by atoms with van der Waals surface area (Å²) in [6.45, 7) is 0.754. The zero-order chi connectivity index (χ0) is 13.7. The third-order valence-corrected chi connectivity index (χ3v) is 3.78. The average Bonchev–Trinajstić information content (AvgIpc) is 2.92. The maximum absolute atomic E-state index is 9.03. The van der Waals surface area contributed by atoms with Crippen molar-refractivity contribution in [3.63, 3.8) is 0 Å². The van der Waals surface area contributed by atoms with Crippen LogP contribution in [0.4, 0.5) is 5.69 Å². The first kappa shape index (κ1) is 13.5. The molecule has 2 aromatic rings. The van der Waals surface area contributed by atoms with Gasteiger partial charge in [-0.3, -0.25) is 0 Å². The highest BCUT2D eigenvalue weighted by atomic mass is 32.1. The van der Waals surface area contributed by atoms with Gasteiger partial charge in [0, 0.05) is 13.6 Å². The van der Waals surface area contributed by atoms with E-state index in [1.807, 2.05) is 35.5 Å². The number of hydrogen-bond donors (Lipinski definition) is 1. The van der Waals surface area contributed by atoms with Crippen molar-refractivity contribution in [3.8, 4) is 6.07 Å². The van der Waals surface area contributed by atoms with Gasteiger partial charge in [-0.15, -0.1) is 0 Å². The van der Waals surface area contributed by atoms with Gasteiger partial charge in [-0.05, 0) is 46.7 Å². The Morgan fingerprint density at radius 2 is 2.21 bits per heavy atom. The third kappa shape index (κ3) is 3.53. The molecule has 0 aliphatic heterocycles. The highest BCUT2D eigenvalue weighted by Crippen LogP contribution is 2.15. The molecular formula is C14H13N3S2. The number of para-hydroxylation sites is 1. The molecule has 0 fully saturated rings. The van der Waals surface area contributed by atoms with Crippen LogP contribution in [0.15, 0.2) is 41.1 Å². The first-order valence-electron chi connectivity index (χ1n) is 5.73. The number of hydrogen-bond acceptors (Lipinski definition) is 3. The van der Waals surface area contributed by atoms with Gasteiger partial charge in [-0.25, -0.2) is 0 Å². The second-order valence-corrected chi connectivity index (χ2v) is 5.24. The molecule has 96 valence electrons. The molecule has 0 saturated heterocycles. The van der Waals surface area contributed by atoms with E-state index >= 15 is 0 Å². The largest absolute Gasteiger partial charge is 0.348 e. The normalized spacial score (nSPS) is 9.68. The minimum atomic E-state index is 0.591. The number of nitrogens with zero attached hydrogens (tertiary/aromatic N) is 2. The van der Waals surface area contributed by atoms with Gasteiger partial charge in [0.2, 0.25) is 0 Å². The van der Waals surface area contributed by atoms with Crippen molar-refractivity contribution >= 4 is 34.4 Å². The summed E-state index contributed by atoms with van der Waals surface area (Å²) in [5.41, 5.74) is 2.56. The first-order valence-corrected chi connectivity index (χ1v) is 7.08. The number of rotatable bonds is 3. The Labute approximate surface area is 122 Å². The maximum Gasteiger partial charge on any atom is 0.173 e. The van der Waals surface area contributed by atoms with Crippen LogP contribution in [0.5, 0.6) is 0 Å². The van der Waals surface area contributed by atoms with Gasteiger partial charge in [0.05, 0.1) is 11.3 Å². The molecule has 0 saturated carbocycles. The van der Waals surface area contributed by atoms with E-state index in [4.69, 9.17) is 17.5 Å². The number of benzene rings is 1. The fraction of sp³-hybridized carbons (Fsp3) is 0.143. The molecule has 1 N–H and O–H groups in total. The van der Waals surface area contributed by atoms with Crippen LogP contribution in [0.1, 0.15) is 11.1 Å². The summed E-state index contributed by atoms with van der Waals surface area (Å²) in [5, 5.41) is 16.9. The summed E-state index contributed by atoms with van der Waals surface area (Å²) in [6, 6.07) is 11.6. The zero-order valence-corrected chi connectivity index (χ0v) is 12.1. The van der Waals surface area contributed by atoms with Crippen LogP contribution in [0.25, 0.3) is 0 Å². The molecule has 0 unspecified atom stereocenters. The van der Waals surface area contributed by atoms with Crippen molar-refractivity contribution in [2.24, 2.45) is 0 Å². The van der Waals surface area contributed by atoms with Crippen LogP contribution in [-0.2, 0) is 6.54 Å². The molecule has 5 heteroatoms. The van der Waals surface area contributed by atoms with E-state index in [1.54, 1.807) is 17.4 Å². The van der Waals surface area contributed by atoms with Crippen LogP contribution >= 0.6 is 23.6 Å². The molecule has 0 spiro atoms. The summed E-state index contributed by atoms with van der Waals surface area (Å²) in [4.78, 5) is 1.95. The van der Waals surface area contributed by atoms with Crippen LogP contribution < -0.4 is 5.32 Å². The third-order valence-electron chi connectivity index (χ3n) is 2.64. The van der Waals surface area contributed by atoms with Gasteiger partial charge in [0.25, 0.3) is 0 Å². The van der Waals surface area contributed by atoms with Gasteiger partial charge in [-0.1, -0.05) is 12.1 Å². The van der Waals surface area contributed by atoms with Crippen molar-refractivity contribution in [1.29, 1.82) is 5.26 Å². The molecule has 0 atom stereocenters. The maximum atomic E-state index is 9.03. The molecule has 0 amide bonds. The van der Waals surface area contributed by atoms with Crippen LogP contribution in [0.2, 0.25) is 0 Å². The van der Waals surface area contributed by atoms with Crippen molar-refractivity contribution in [1.82, 2.24) is 4.90 Å². The Morgan fingerprint density at radius 1 is 1.42 bits per heavy atom. The Morgan fingerprint density at radius 3 is 2.89 bits per heavy atom. The smallest absolute Gasteiger partial charge is 0.173 e. The predicted octanol–water partition coefficient (Wildman–Crippen LogP) is 3.45. The van der Waals surface area contributed by atoms with Gasteiger partial charge in [0.1, 0.15) is 6.07 Å². The van der Waals surface area contributed by atoms with Gasteiger partial charge < -0.3 is 10.2 Å². The summed E-state index contributed by atoms with van der Waals surface area (Å²) in [6.07, 6.45) is 0. The molecule has 1 heterocycles. The van der Waals surface area contributed by atoms with Crippen LogP contribution in [0, 0.1) is 11.3 Å². The molecule has 3 nitrogen and oxygen atoms in total. The van der Waals surface area contributed by atoms with E-state index < -0.39 is 0 Å². The molecule has 19 heavy (non-hydrogen) atoms.